The third kappa shape index (κ3) is 4.59. The first-order chi connectivity index (χ1) is 8.25. The number of carbonyl (C=O) groups excluding carboxylic acids is 1. The molecular weight excluding hydrogens is 268 g/mol. The second-order valence-electron chi connectivity index (χ2n) is 4.70. The summed E-state index contributed by atoms with van der Waals surface area (Å²) in [6.45, 7) is 4.16. The molecule has 0 bridgehead atoms. The van der Waals surface area contributed by atoms with Crippen LogP contribution in [0.5, 0.6) is 0 Å². The van der Waals surface area contributed by atoms with E-state index in [1.807, 2.05) is 18.4 Å². The van der Waals surface area contributed by atoms with Crippen LogP contribution in [0, 0.1) is 5.92 Å². The van der Waals surface area contributed by atoms with Crippen LogP contribution in [0.15, 0.2) is 17.5 Å². The maximum Gasteiger partial charge on any atom is 0.220 e. The highest BCUT2D eigenvalue weighted by atomic mass is 35.5. The summed E-state index contributed by atoms with van der Waals surface area (Å²) in [6, 6.07) is 4.24. The van der Waals surface area contributed by atoms with Crippen molar-refractivity contribution < 1.29 is 4.79 Å². The molecule has 1 aromatic rings. The highest BCUT2D eigenvalue weighted by molar-refractivity contribution is 7.10. The number of nitrogens with one attached hydrogen (secondary N) is 2. The fourth-order valence-corrected chi connectivity index (χ4v) is 2.99. The van der Waals surface area contributed by atoms with Crippen LogP contribution in [-0.4, -0.2) is 19.0 Å². The second-order valence-corrected chi connectivity index (χ2v) is 5.68. The van der Waals surface area contributed by atoms with Crippen LogP contribution < -0.4 is 10.6 Å². The van der Waals surface area contributed by atoms with Crippen molar-refractivity contribution in [3.05, 3.63) is 22.4 Å². The minimum absolute atomic E-state index is 0. The fourth-order valence-electron chi connectivity index (χ4n) is 2.26. The lowest BCUT2D eigenvalue weighted by Gasteiger charge is -2.22. The average Bonchev–Trinajstić information content (AvgIpc) is 2.83. The first-order valence-electron chi connectivity index (χ1n) is 6.29. The molecule has 0 saturated carbocycles. The van der Waals surface area contributed by atoms with Crippen LogP contribution in [0.1, 0.15) is 37.1 Å². The number of carbonyl (C=O) groups is 1. The van der Waals surface area contributed by atoms with E-state index in [-0.39, 0.29) is 24.4 Å². The third-order valence-electron chi connectivity index (χ3n) is 3.28. The van der Waals surface area contributed by atoms with Gasteiger partial charge in [0.05, 0.1) is 6.04 Å². The Balaban J connectivity index is 0.00000162. The molecule has 0 aromatic carbocycles. The minimum Gasteiger partial charge on any atom is -0.349 e. The molecule has 2 heterocycles. The van der Waals surface area contributed by atoms with Gasteiger partial charge in [-0.15, -0.1) is 23.7 Å². The Morgan fingerprint density at radius 2 is 2.28 bits per heavy atom. The van der Waals surface area contributed by atoms with Crippen LogP contribution in [0.2, 0.25) is 0 Å². The van der Waals surface area contributed by atoms with Crippen LogP contribution in [0.3, 0.4) is 0 Å². The monoisotopic (exact) mass is 288 g/mol. The Morgan fingerprint density at radius 3 is 2.89 bits per heavy atom. The molecule has 1 fully saturated rings. The summed E-state index contributed by atoms with van der Waals surface area (Å²) in [5.41, 5.74) is 0. The second kappa shape index (κ2) is 7.77. The zero-order valence-electron chi connectivity index (χ0n) is 10.6. The molecule has 0 aliphatic carbocycles. The Labute approximate surface area is 119 Å². The van der Waals surface area contributed by atoms with E-state index in [1.54, 1.807) is 11.3 Å². The number of amides is 1. The maximum absolute atomic E-state index is 11.9. The molecule has 0 radical (unpaired) electrons. The third-order valence-corrected chi connectivity index (χ3v) is 4.34. The Kier molecular flexibility index (Phi) is 6.68. The summed E-state index contributed by atoms with van der Waals surface area (Å²) in [7, 11) is 0. The van der Waals surface area contributed by atoms with Gasteiger partial charge in [0, 0.05) is 11.3 Å². The average molecular weight is 289 g/mol. The standard InChI is InChI=1S/C13H20N2OS.ClH/c1-10(12-3-2-8-17-12)15-13(16)9-11-4-6-14-7-5-11;/h2-3,8,10-11,14H,4-7,9H2,1H3,(H,15,16);1H. The molecule has 5 heteroatoms. The lowest BCUT2D eigenvalue weighted by atomic mass is 9.94. The smallest absolute Gasteiger partial charge is 0.220 e. The summed E-state index contributed by atoms with van der Waals surface area (Å²) < 4.78 is 0. The number of hydrogen-bond donors (Lipinski definition) is 2. The molecule has 1 unspecified atom stereocenters. The molecule has 3 nitrogen and oxygen atoms in total. The van der Waals surface area contributed by atoms with Crippen molar-refractivity contribution in [2.45, 2.75) is 32.2 Å². The number of rotatable bonds is 4. The Morgan fingerprint density at radius 1 is 1.56 bits per heavy atom. The van der Waals surface area contributed by atoms with Crippen LogP contribution in [-0.2, 0) is 4.79 Å². The van der Waals surface area contributed by atoms with E-state index >= 15 is 0 Å². The van der Waals surface area contributed by atoms with Gasteiger partial charge in [-0.1, -0.05) is 6.07 Å². The summed E-state index contributed by atoms with van der Waals surface area (Å²) in [6.07, 6.45) is 2.93. The van der Waals surface area contributed by atoms with Gasteiger partial charge in [-0.25, -0.2) is 0 Å². The molecule has 2 rings (SSSR count). The van der Waals surface area contributed by atoms with E-state index < -0.39 is 0 Å². The first-order valence-corrected chi connectivity index (χ1v) is 7.17. The van der Waals surface area contributed by atoms with E-state index in [1.165, 1.54) is 4.88 Å². The van der Waals surface area contributed by atoms with Gasteiger partial charge in [0.2, 0.25) is 5.91 Å². The van der Waals surface area contributed by atoms with E-state index in [0.717, 1.165) is 25.9 Å². The van der Waals surface area contributed by atoms with Crippen molar-refractivity contribution in [1.29, 1.82) is 0 Å². The zero-order valence-corrected chi connectivity index (χ0v) is 12.3. The van der Waals surface area contributed by atoms with E-state index in [4.69, 9.17) is 0 Å². The van der Waals surface area contributed by atoms with Crippen molar-refractivity contribution in [2.75, 3.05) is 13.1 Å². The molecule has 18 heavy (non-hydrogen) atoms. The molecular formula is C13H21ClN2OS. The van der Waals surface area contributed by atoms with Gasteiger partial charge in [-0.3, -0.25) is 4.79 Å². The van der Waals surface area contributed by atoms with Gasteiger partial charge in [-0.2, -0.15) is 0 Å². The molecule has 2 N–H and O–H groups in total. The van der Waals surface area contributed by atoms with Gasteiger partial charge in [0.25, 0.3) is 0 Å². The fraction of sp³-hybridized carbons (Fsp3) is 0.615. The van der Waals surface area contributed by atoms with Gasteiger partial charge >= 0.3 is 0 Å². The minimum atomic E-state index is 0. The van der Waals surface area contributed by atoms with Gasteiger partial charge < -0.3 is 10.6 Å². The van der Waals surface area contributed by atoms with Crippen molar-refractivity contribution in [3.8, 4) is 0 Å². The Bertz CT molecular complexity index is 350. The quantitative estimate of drug-likeness (QED) is 0.894. The summed E-state index contributed by atoms with van der Waals surface area (Å²) >= 11 is 1.69. The number of halogens is 1. The Hall–Kier alpha value is -0.580. The van der Waals surface area contributed by atoms with Gasteiger partial charge in [-0.05, 0) is 50.2 Å². The first kappa shape index (κ1) is 15.5. The SMILES string of the molecule is CC(NC(=O)CC1CCNCC1)c1cccs1.Cl. The van der Waals surface area contributed by atoms with Crippen molar-refractivity contribution in [3.63, 3.8) is 0 Å². The van der Waals surface area contributed by atoms with Crippen molar-refractivity contribution in [2.24, 2.45) is 5.92 Å². The topological polar surface area (TPSA) is 41.1 Å². The van der Waals surface area contributed by atoms with Gasteiger partial charge in [0.15, 0.2) is 0 Å². The zero-order chi connectivity index (χ0) is 12.1. The van der Waals surface area contributed by atoms with Crippen molar-refractivity contribution in [1.82, 2.24) is 10.6 Å². The molecule has 1 saturated heterocycles. The van der Waals surface area contributed by atoms with E-state index in [2.05, 4.69) is 16.7 Å². The largest absolute Gasteiger partial charge is 0.349 e. The van der Waals surface area contributed by atoms with Gasteiger partial charge in [0.1, 0.15) is 0 Å². The predicted molar refractivity (Wildman–Crippen MR) is 78.3 cm³/mol. The number of hydrogen-bond acceptors (Lipinski definition) is 3. The normalized spacial score (nSPS) is 17.8. The lowest BCUT2D eigenvalue weighted by Crippen LogP contribution is -2.33. The molecule has 0 spiro atoms. The van der Waals surface area contributed by atoms with E-state index in [0.29, 0.717) is 12.3 Å². The highest BCUT2D eigenvalue weighted by Crippen LogP contribution is 2.20. The number of piperidine rings is 1. The molecule has 1 amide bonds. The van der Waals surface area contributed by atoms with Crippen LogP contribution >= 0.6 is 23.7 Å². The highest BCUT2D eigenvalue weighted by Gasteiger charge is 2.18. The molecule has 1 aromatic heterocycles. The predicted octanol–water partition coefficient (Wildman–Crippen LogP) is 2.74. The molecule has 1 atom stereocenters. The number of thiophene rings is 1. The lowest BCUT2D eigenvalue weighted by molar-refractivity contribution is -0.122. The maximum atomic E-state index is 11.9. The summed E-state index contributed by atoms with van der Waals surface area (Å²) in [4.78, 5) is 13.1. The van der Waals surface area contributed by atoms with Crippen LogP contribution in [0.4, 0.5) is 0 Å². The van der Waals surface area contributed by atoms with E-state index in [9.17, 15) is 4.79 Å². The van der Waals surface area contributed by atoms with Crippen molar-refractivity contribution >= 4 is 29.7 Å². The van der Waals surface area contributed by atoms with Crippen LogP contribution in [0.25, 0.3) is 0 Å². The molecule has 102 valence electrons. The summed E-state index contributed by atoms with van der Waals surface area (Å²) in [5, 5.41) is 8.45. The molecule has 1 aliphatic heterocycles. The molecule has 1 aliphatic rings. The summed E-state index contributed by atoms with van der Waals surface area (Å²) in [5.74, 6) is 0.754.